The fourth-order valence-electron chi connectivity index (χ4n) is 4.23. The van der Waals surface area contributed by atoms with Crippen LogP contribution in [0.25, 0.3) is 0 Å². The minimum atomic E-state index is -3.16. The van der Waals surface area contributed by atoms with Crippen molar-refractivity contribution in [2.75, 3.05) is 12.8 Å². The SMILES string of the molecule is CS(=O)(=O)NC1CCCC1CNC(=O)C12CCCC1C2. The maximum Gasteiger partial charge on any atom is 0.226 e. The molecule has 3 aliphatic carbocycles. The van der Waals surface area contributed by atoms with Gasteiger partial charge in [-0.3, -0.25) is 4.79 Å². The molecule has 0 aromatic carbocycles. The first-order valence-electron chi connectivity index (χ1n) is 7.66. The maximum absolute atomic E-state index is 12.3. The number of rotatable bonds is 5. The third-order valence-corrected chi connectivity index (χ3v) is 6.14. The molecule has 3 rings (SSSR count). The number of carbonyl (C=O) groups is 1. The van der Waals surface area contributed by atoms with Crippen LogP contribution in [0.5, 0.6) is 0 Å². The van der Waals surface area contributed by atoms with E-state index in [9.17, 15) is 13.2 Å². The molecule has 3 fully saturated rings. The van der Waals surface area contributed by atoms with E-state index < -0.39 is 10.0 Å². The lowest BCUT2D eigenvalue weighted by atomic mass is 10.0. The number of carbonyl (C=O) groups excluding carboxylic acids is 1. The van der Waals surface area contributed by atoms with E-state index in [1.54, 1.807) is 0 Å². The predicted molar refractivity (Wildman–Crippen MR) is 76.5 cm³/mol. The van der Waals surface area contributed by atoms with Crippen LogP contribution < -0.4 is 10.0 Å². The number of hydrogen-bond donors (Lipinski definition) is 2. The van der Waals surface area contributed by atoms with Gasteiger partial charge in [0.15, 0.2) is 0 Å². The van der Waals surface area contributed by atoms with Crippen LogP contribution in [0.4, 0.5) is 0 Å². The highest BCUT2D eigenvalue weighted by molar-refractivity contribution is 7.88. The van der Waals surface area contributed by atoms with E-state index in [-0.39, 0.29) is 23.3 Å². The second kappa shape index (κ2) is 4.98. The summed E-state index contributed by atoms with van der Waals surface area (Å²) in [7, 11) is -3.16. The molecule has 2 N–H and O–H groups in total. The van der Waals surface area contributed by atoms with Crippen molar-refractivity contribution in [1.82, 2.24) is 10.0 Å². The Morgan fingerprint density at radius 1 is 1.25 bits per heavy atom. The van der Waals surface area contributed by atoms with Gasteiger partial charge in [-0.25, -0.2) is 13.1 Å². The molecule has 0 spiro atoms. The molecule has 0 heterocycles. The van der Waals surface area contributed by atoms with Crippen LogP contribution in [0.3, 0.4) is 0 Å². The van der Waals surface area contributed by atoms with E-state index in [0.717, 1.165) is 32.1 Å². The van der Waals surface area contributed by atoms with E-state index in [4.69, 9.17) is 0 Å². The highest BCUT2D eigenvalue weighted by Gasteiger charge is 2.61. The summed E-state index contributed by atoms with van der Waals surface area (Å²) >= 11 is 0. The lowest BCUT2D eigenvalue weighted by Crippen LogP contribution is -2.43. The van der Waals surface area contributed by atoms with Crippen molar-refractivity contribution in [1.29, 1.82) is 0 Å². The Hall–Kier alpha value is -0.620. The first-order chi connectivity index (χ1) is 9.41. The van der Waals surface area contributed by atoms with Gasteiger partial charge in [0.2, 0.25) is 15.9 Å². The first kappa shape index (κ1) is 14.3. The summed E-state index contributed by atoms with van der Waals surface area (Å²) in [5, 5.41) is 3.09. The van der Waals surface area contributed by atoms with E-state index in [1.165, 1.54) is 19.1 Å². The summed E-state index contributed by atoms with van der Waals surface area (Å²) in [6, 6.07) is -0.0126. The molecule has 0 aliphatic heterocycles. The lowest BCUT2D eigenvalue weighted by molar-refractivity contribution is -0.126. The minimum Gasteiger partial charge on any atom is -0.355 e. The van der Waals surface area contributed by atoms with Crippen molar-refractivity contribution in [2.45, 2.75) is 51.0 Å². The molecule has 5 nitrogen and oxygen atoms in total. The Kier molecular flexibility index (Phi) is 3.57. The quantitative estimate of drug-likeness (QED) is 0.795. The molecule has 20 heavy (non-hydrogen) atoms. The van der Waals surface area contributed by atoms with Gasteiger partial charge in [-0.2, -0.15) is 0 Å². The zero-order valence-corrected chi connectivity index (χ0v) is 12.8. The predicted octanol–water partition coefficient (Wildman–Crippen LogP) is 1.01. The molecule has 4 unspecified atom stereocenters. The fraction of sp³-hybridized carbons (Fsp3) is 0.929. The van der Waals surface area contributed by atoms with Crippen molar-refractivity contribution < 1.29 is 13.2 Å². The molecule has 0 bridgehead atoms. The highest BCUT2D eigenvalue weighted by atomic mass is 32.2. The topological polar surface area (TPSA) is 75.3 Å². The number of hydrogen-bond acceptors (Lipinski definition) is 3. The van der Waals surface area contributed by atoms with Gasteiger partial charge in [-0.15, -0.1) is 0 Å². The molecular weight excluding hydrogens is 276 g/mol. The van der Waals surface area contributed by atoms with Crippen molar-refractivity contribution in [3.05, 3.63) is 0 Å². The molecule has 6 heteroatoms. The Balaban J connectivity index is 1.51. The second-order valence-corrected chi connectivity index (χ2v) is 8.63. The van der Waals surface area contributed by atoms with E-state index in [2.05, 4.69) is 10.0 Å². The van der Waals surface area contributed by atoms with Gasteiger partial charge in [-0.05, 0) is 43.9 Å². The molecular formula is C14H24N2O3S. The summed E-state index contributed by atoms with van der Waals surface area (Å²) in [6.45, 7) is 0.612. The van der Waals surface area contributed by atoms with Gasteiger partial charge in [0.05, 0.1) is 11.7 Å². The summed E-state index contributed by atoms with van der Waals surface area (Å²) in [6.07, 6.45) is 8.59. The largest absolute Gasteiger partial charge is 0.355 e. The third-order valence-electron chi connectivity index (χ3n) is 5.41. The number of fused-ring (bicyclic) bond motifs is 1. The van der Waals surface area contributed by atoms with Gasteiger partial charge in [-0.1, -0.05) is 12.8 Å². The molecule has 1 amide bonds. The molecule has 0 saturated heterocycles. The smallest absolute Gasteiger partial charge is 0.226 e. The standard InChI is InChI=1S/C14H24N2O3S/c1-20(18,19)16-12-6-2-4-10(12)9-15-13(17)14-7-3-5-11(14)8-14/h10-12,16H,2-9H2,1H3,(H,15,17). The van der Waals surface area contributed by atoms with Crippen molar-refractivity contribution in [3.8, 4) is 0 Å². The van der Waals surface area contributed by atoms with E-state index in [0.29, 0.717) is 12.5 Å². The molecule has 0 radical (unpaired) electrons. The van der Waals surface area contributed by atoms with Crippen LogP contribution >= 0.6 is 0 Å². The molecule has 0 aromatic heterocycles. The summed E-state index contributed by atoms with van der Waals surface area (Å²) < 4.78 is 25.4. The molecule has 114 valence electrons. The van der Waals surface area contributed by atoms with Gasteiger partial charge in [0.1, 0.15) is 0 Å². The van der Waals surface area contributed by atoms with Crippen LogP contribution in [0, 0.1) is 17.3 Å². The average molecular weight is 300 g/mol. The van der Waals surface area contributed by atoms with Gasteiger partial charge >= 0.3 is 0 Å². The second-order valence-electron chi connectivity index (χ2n) is 6.85. The van der Waals surface area contributed by atoms with Crippen molar-refractivity contribution in [3.63, 3.8) is 0 Å². The average Bonchev–Trinajstić information content (AvgIpc) is 2.70. The normalized spacial score (nSPS) is 39.5. The molecule has 3 saturated carbocycles. The molecule has 4 atom stereocenters. The maximum atomic E-state index is 12.3. The van der Waals surface area contributed by atoms with Gasteiger partial charge < -0.3 is 5.32 Å². The number of nitrogens with one attached hydrogen (secondary N) is 2. The number of sulfonamides is 1. The Bertz CT molecular complexity index is 505. The Morgan fingerprint density at radius 3 is 2.65 bits per heavy atom. The van der Waals surface area contributed by atoms with Crippen LogP contribution in [0.1, 0.15) is 44.9 Å². The van der Waals surface area contributed by atoms with Gasteiger partial charge in [0, 0.05) is 12.6 Å². The summed E-state index contributed by atoms with van der Waals surface area (Å²) in [5.74, 6) is 1.07. The zero-order valence-electron chi connectivity index (χ0n) is 12.0. The first-order valence-corrected chi connectivity index (χ1v) is 9.55. The van der Waals surface area contributed by atoms with Crippen LogP contribution in [-0.4, -0.2) is 33.2 Å². The van der Waals surface area contributed by atoms with Crippen molar-refractivity contribution >= 4 is 15.9 Å². The Morgan fingerprint density at radius 2 is 2.05 bits per heavy atom. The summed E-state index contributed by atoms with van der Waals surface area (Å²) in [4.78, 5) is 12.3. The lowest BCUT2D eigenvalue weighted by Gasteiger charge is -2.21. The van der Waals surface area contributed by atoms with Crippen LogP contribution in [0.15, 0.2) is 0 Å². The third kappa shape index (κ3) is 2.72. The molecule has 0 aromatic rings. The molecule has 3 aliphatic rings. The monoisotopic (exact) mass is 300 g/mol. The van der Waals surface area contributed by atoms with E-state index >= 15 is 0 Å². The fourth-order valence-corrected chi connectivity index (χ4v) is 5.09. The minimum absolute atomic E-state index is 0.0126. The summed E-state index contributed by atoms with van der Waals surface area (Å²) in [5.41, 5.74) is -0.0433. The van der Waals surface area contributed by atoms with Crippen LogP contribution in [-0.2, 0) is 14.8 Å². The highest BCUT2D eigenvalue weighted by Crippen LogP contribution is 2.63. The zero-order chi connectivity index (χ0) is 14.4. The van der Waals surface area contributed by atoms with E-state index in [1.807, 2.05) is 0 Å². The van der Waals surface area contributed by atoms with Gasteiger partial charge in [0.25, 0.3) is 0 Å². The van der Waals surface area contributed by atoms with Crippen molar-refractivity contribution in [2.24, 2.45) is 17.3 Å². The van der Waals surface area contributed by atoms with Crippen LogP contribution in [0.2, 0.25) is 0 Å². The number of amides is 1. The Labute approximate surface area is 120 Å².